The van der Waals surface area contributed by atoms with Crippen LogP contribution in [0.5, 0.6) is 0 Å². The summed E-state index contributed by atoms with van der Waals surface area (Å²) < 4.78 is 28.2. The van der Waals surface area contributed by atoms with Gasteiger partial charge < -0.3 is 4.90 Å². The number of pyridine rings is 1. The van der Waals surface area contributed by atoms with Crippen molar-refractivity contribution >= 4 is 32.3 Å². The molecule has 0 aliphatic heterocycles. The molecule has 6 nitrogen and oxygen atoms in total. The zero-order chi connectivity index (χ0) is 18.7. The van der Waals surface area contributed by atoms with Gasteiger partial charge in [-0.1, -0.05) is 42.5 Å². The smallest absolute Gasteiger partial charge is 0.252 e. The van der Waals surface area contributed by atoms with Crippen LogP contribution in [0.3, 0.4) is 0 Å². The predicted molar refractivity (Wildman–Crippen MR) is 103 cm³/mol. The van der Waals surface area contributed by atoms with Crippen molar-refractivity contribution in [2.24, 2.45) is 0 Å². The zero-order valence-electron chi connectivity index (χ0n) is 14.5. The van der Waals surface area contributed by atoms with Crippen molar-refractivity contribution in [1.82, 2.24) is 9.88 Å². The number of fused-ring (bicyclic) bond motifs is 1. The van der Waals surface area contributed by atoms with E-state index in [1.54, 1.807) is 24.3 Å². The Morgan fingerprint density at radius 1 is 1.08 bits per heavy atom. The molecule has 0 aliphatic carbocycles. The summed E-state index contributed by atoms with van der Waals surface area (Å²) in [4.78, 5) is 9.85. The number of rotatable bonds is 5. The number of hydrogen-bond acceptors (Lipinski definition) is 4. The molecular formula is C19H18N4O2S. The van der Waals surface area contributed by atoms with Gasteiger partial charge in [-0.25, -0.2) is 18.2 Å². The van der Waals surface area contributed by atoms with Gasteiger partial charge in [0, 0.05) is 11.9 Å². The summed E-state index contributed by atoms with van der Waals surface area (Å²) in [7, 11) is -0.00520. The summed E-state index contributed by atoms with van der Waals surface area (Å²) in [6, 6.07) is 15.3. The Balaban J connectivity index is 2.06. The van der Waals surface area contributed by atoms with Gasteiger partial charge in [0.05, 0.1) is 28.4 Å². The van der Waals surface area contributed by atoms with Crippen LogP contribution in [0.2, 0.25) is 0 Å². The van der Waals surface area contributed by atoms with Crippen LogP contribution >= 0.6 is 0 Å². The molecule has 0 bridgehead atoms. The summed E-state index contributed by atoms with van der Waals surface area (Å²) >= 11 is 0. The lowest BCUT2D eigenvalue weighted by molar-refractivity contribution is 0.397. The molecule has 3 rings (SSSR count). The molecule has 0 aliphatic rings. The molecule has 0 saturated heterocycles. The van der Waals surface area contributed by atoms with Crippen LogP contribution < -0.4 is 4.72 Å². The van der Waals surface area contributed by atoms with Crippen molar-refractivity contribution in [1.29, 1.82) is 0 Å². The Bertz CT molecular complexity index is 1100. The van der Waals surface area contributed by atoms with E-state index in [2.05, 4.69) is 14.6 Å². The maximum atomic E-state index is 12.8. The number of aromatic nitrogens is 1. The maximum Gasteiger partial charge on any atom is 0.252 e. The van der Waals surface area contributed by atoms with Gasteiger partial charge in [-0.3, -0.25) is 4.72 Å². The number of nitrogens with one attached hydrogen (secondary N) is 1. The van der Waals surface area contributed by atoms with Crippen LogP contribution in [-0.2, 0) is 16.6 Å². The van der Waals surface area contributed by atoms with Crippen molar-refractivity contribution in [2.45, 2.75) is 11.4 Å². The van der Waals surface area contributed by atoms with E-state index in [0.717, 1.165) is 11.1 Å². The summed E-state index contributed by atoms with van der Waals surface area (Å²) in [5.74, 6) is 0. The lowest BCUT2D eigenvalue weighted by Gasteiger charge is -2.13. The quantitative estimate of drug-likeness (QED) is 0.700. The highest BCUT2D eigenvalue weighted by atomic mass is 32.2. The van der Waals surface area contributed by atoms with Crippen LogP contribution in [0.1, 0.15) is 5.69 Å². The van der Waals surface area contributed by atoms with Gasteiger partial charge in [0.25, 0.3) is 10.0 Å². The fraction of sp³-hybridized carbons (Fsp3) is 0.158. The highest BCUT2D eigenvalue weighted by molar-refractivity contribution is 7.93. The number of anilines is 1. The third kappa shape index (κ3) is 3.67. The first-order valence-electron chi connectivity index (χ1n) is 7.93. The molecule has 0 saturated carbocycles. The van der Waals surface area contributed by atoms with E-state index >= 15 is 0 Å². The standard InChI is InChI=1S/C19H18N4O2S/c1-20-16-8-4-5-10-18(16)26(24,25)22-17-9-6-7-14-11-12-15(13-23(2)3)21-19(14)17/h4-12,22H,13H2,2-3H3. The first kappa shape index (κ1) is 17.9. The maximum absolute atomic E-state index is 12.8. The number of para-hydroxylation sites is 2. The molecule has 0 atom stereocenters. The molecule has 0 spiro atoms. The summed E-state index contributed by atoms with van der Waals surface area (Å²) in [5.41, 5.74) is 1.90. The number of benzene rings is 2. The third-order valence-electron chi connectivity index (χ3n) is 3.78. The first-order chi connectivity index (χ1) is 12.4. The van der Waals surface area contributed by atoms with Crippen molar-refractivity contribution in [3.63, 3.8) is 0 Å². The number of hydrogen-bond donors (Lipinski definition) is 1. The van der Waals surface area contributed by atoms with Crippen molar-refractivity contribution < 1.29 is 8.42 Å². The molecule has 0 amide bonds. The molecule has 0 fully saturated rings. The summed E-state index contributed by atoms with van der Waals surface area (Å²) in [5, 5.41) is 0.839. The van der Waals surface area contributed by atoms with E-state index in [-0.39, 0.29) is 10.6 Å². The minimum absolute atomic E-state index is 0.0450. The van der Waals surface area contributed by atoms with Gasteiger partial charge >= 0.3 is 0 Å². The molecule has 1 aromatic heterocycles. The van der Waals surface area contributed by atoms with Crippen molar-refractivity contribution in [3.8, 4) is 0 Å². The molecule has 132 valence electrons. The first-order valence-corrected chi connectivity index (χ1v) is 9.42. The molecule has 0 unspecified atom stereocenters. The van der Waals surface area contributed by atoms with Crippen molar-refractivity contribution in [2.75, 3.05) is 18.8 Å². The number of nitrogens with zero attached hydrogens (tertiary/aromatic N) is 3. The summed E-state index contributed by atoms with van der Waals surface area (Å²) in [6.45, 7) is 7.83. The van der Waals surface area contributed by atoms with Crippen LogP contribution in [0, 0.1) is 6.57 Å². The average molecular weight is 366 g/mol. The van der Waals surface area contributed by atoms with E-state index in [9.17, 15) is 8.42 Å². The van der Waals surface area contributed by atoms with E-state index in [0.29, 0.717) is 17.7 Å². The molecule has 2 aromatic carbocycles. The number of sulfonamides is 1. The second-order valence-corrected chi connectivity index (χ2v) is 7.75. The van der Waals surface area contributed by atoms with E-state index in [1.807, 2.05) is 37.2 Å². The van der Waals surface area contributed by atoms with Gasteiger partial charge in [-0.05, 0) is 26.2 Å². The second kappa shape index (κ2) is 7.12. The third-order valence-corrected chi connectivity index (χ3v) is 5.19. The molecular weight excluding hydrogens is 348 g/mol. The Kier molecular flexibility index (Phi) is 4.89. The molecule has 26 heavy (non-hydrogen) atoms. The second-order valence-electron chi connectivity index (χ2n) is 6.10. The normalized spacial score (nSPS) is 11.5. The van der Waals surface area contributed by atoms with Crippen LogP contribution in [0.15, 0.2) is 59.5 Å². The van der Waals surface area contributed by atoms with Gasteiger partial charge in [0.2, 0.25) is 5.69 Å². The molecule has 3 aromatic rings. The topological polar surface area (TPSA) is 66.7 Å². The highest BCUT2D eigenvalue weighted by Gasteiger charge is 2.19. The van der Waals surface area contributed by atoms with E-state index < -0.39 is 10.0 Å². The monoisotopic (exact) mass is 366 g/mol. The minimum atomic E-state index is -3.90. The molecule has 7 heteroatoms. The Morgan fingerprint density at radius 3 is 2.58 bits per heavy atom. The largest absolute Gasteiger partial charge is 0.304 e. The molecule has 1 heterocycles. The molecule has 0 radical (unpaired) electrons. The lowest BCUT2D eigenvalue weighted by Crippen LogP contribution is -2.14. The van der Waals surface area contributed by atoms with Crippen LogP contribution in [0.25, 0.3) is 15.7 Å². The zero-order valence-corrected chi connectivity index (χ0v) is 15.3. The van der Waals surface area contributed by atoms with E-state index in [1.165, 1.54) is 12.1 Å². The fourth-order valence-electron chi connectivity index (χ4n) is 2.66. The minimum Gasteiger partial charge on any atom is -0.304 e. The summed E-state index contributed by atoms with van der Waals surface area (Å²) in [6.07, 6.45) is 0. The van der Waals surface area contributed by atoms with E-state index in [4.69, 9.17) is 6.57 Å². The Labute approximate surface area is 153 Å². The van der Waals surface area contributed by atoms with Gasteiger partial charge in [-0.2, -0.15) is 0 Å². The Hall–Kier alpha value is -2.95. The average Bonchev–Trinajstić information content (AvgIpc) is 2.61. The van der Waals surface area contributed by atoms with Gasteiger partial charge in [0.15, 0.2) is 0 Å². The Morgan fingerprint density at radius 2 is 1.85 bits per heavy atom. The van der Waals surface area contributed by atoms with Crippen LogP contribution in [-0.4, -0.2) is 32.4 Å². The fourth-order valence-corrected chi connectivity index (χ4v) is 3.87. The van der Waals surface area contributed by atoms with Crippen LogP contribution in [0.4, 0.5) is 11.4 Å². The van der Waals surface area contributed by atoms with Crippen molar-refractivity contribution in [3.05, 3.63) is 71.7 Å². The predicted octanol–water partition coefficient (Wildman–Crippen LogP) is 3.65. The van der Waals surface area contributed by atoms with Gasteiger partial charge in [0.1, 0.15) is 0 Å². The highest BCUT2D eigenvalue weighted by Crippen LogP contribution is 2.28. The SMILES string of the molecule is [C-]#[N+]c1ccccc1S(=O)(=O)Nc1cccc2ccc(CN(C)C)nc12. The lowest BCUT2D eigenvalue weighted by atomic mass is 10.2. The van der Waals surface area contributed by atoms with Gasteiger partial charge in [-0.15, -0.1) is 0 Å². The molecule has 1 N–H and O–H groups in total.